The zero-order valence-corrected chi connectivity index (χ0v) is 10.9. The van der Waals surface area contributed by atoms with Gasteiger partial charge in [0.15, 0.2) is 0 Å². The van der Waals surface area contributed by atoms with Gasteiger partial charge in [0.25, 0.3) is 0 Å². The smallest absolute Gasteiger partial charge is 0.326 e. The van der Waals surface area contributed by atoms with Gasteiger partial charge < -0.3 is 15.5 Å². The number of thiophene rings is 1. The molecule has 0 aliphatic rings. The van der Waals surface area contributed by atoms with Gasteiger partial charge in [0.2, 0.25) is 5.91 Å². The number of carbonyl (C=O) groups is 3. The molecule has 3 N–H and O–H groups in total. The summed E-state index contributed by atoms with van der Waals surface area (Å²) in [6.45, 7) is 1.89. The van der Waals surface area contributed by atoms with Gasteiger partial charge >= 0.3 is 11.9 Å². The van der Waals surface area contributed by atoms with Gasteiger partial charge in [0.1, 0.15) is 6.04 Å². The Balaban J connectivity index is 2.63. The molecule has 0 saturated heterocycles. The molecule has 0 aliphatic heterocycles. The number of nitrogens with one attached hydrogen (secondary N) is 1. The van der Waals surface area contributed by atoms with E-state index in [1.165, 1.54) is 17.4 Å². The molecule has 0 spiro atoms. The van der Waals surface area contributed by atoms with Crippen LogP contribution in [0.4, 0.5) is 0 Å². The third-order valence-electron chi connectivity index (χ3n) is 2.28. The number of amides is 1. The minimum atomic E-state index is -1.43. The lowest BCUT2D eigenvalue weighted by atomic mass is 10.2. The molecule has 1 rings (SSSR count). The maximum atomic E-state index is 11.5. The van der Waals surface area contributed by atoms with Crippen molar-refractivity contribution >= 4 is 35.3 Å². The SMILES string of the molecule is Cc1ccsc1/C=C/C(=O)NC(CC(=O)O)C(=O)O. The standard InChI is InChI=1S/C12H13NO5S/c1-7-4-5-19-9(7)2-3-10(14)13-8(12(17)18)6-11(15)16/h2-5,8H,6H2,1H3,(H,13,14)(H,15,16)(H,17,18)/b3-2+. The zero-order chi connectivity index (χ0) is 14.4. The summed E-state index contributed by atoms with van der Waals surface area (Å²) in [5, 5.41) is 21.3. The second-order valence-corrected chi connectivity index (χ2v) is 4.75. The van der Waals surface area contributed by atoms with E-state index in [4.69, 9.17) is 10.2 Å². The molecule has 6 nitrogen and oxygen atoms in total. The minimum Gasteiger partial charge on any atom is -0.481 e. The Morgan fingerprint density at radius 3 is 2.58 bits per heavy atom. The Labute approximate surface area is 113 Å². The average molecular weight is 283 g/mol. The lowest BCUT2D eigenvalue weighted by Crippen LogP contribution is -2.41. The summed E-state index contributed by atoms with van der Waals surface area (Å²) in [5.41, 5.74) is 1.01. The monoisotopic (exact) mass is 283 g/mol. The van der Waals surface area contributed by atoms with Gasteiger partial charge in [-0.2, -0.15) is 0 Å². The highest BCUT2D eigenvalue weighted by atomic mass is 32.1. The molecule has 0 fully saturated rings. The molecule has 0 saturated carbocycles. The highest BCUT2D eigenvalue weighted by molar-refractivity contribution is 7.11. The number of rotatable bonds is 6. The molecular formula is C12H13NO5S. The molecule has 1 unspecified atom stereocenters. The Kier molecular flexibility index (Phi) is 5.25. The summed E-state index contributed by atoms with van der Waals surface area (Å²) >= 11 is 1.45. The minimum absolute atomic E-state index is 0.638. The van der Waals surface area contributed by atoms with Crippen molar-refractivity contribution in [3.05, 3.63) is 28.0 Å². The molecule has 1 heterocycles. The predicted octanol–water partition coefficient (Wildman–Crippen LogP) is 1.11. The van der Waals surface area contributed by atoms with Crippen LogP contribution in [0.2, 0.25) is 0 Å². The van der Waals surface area contributed by atoms with Crippen LogP contribution in [0.15, 0.2) is 17.5 Å². The summed E-state index contributed by atoms with van der Waals surface area (Å²) in [5.74, 6) is -3.30. The third-order valence-corrected chi connectivity index (χ3v) is 3.27. The molecule has 1 atom stereocenters. The number of aliphatic carboxylic acids is 2. The summed E-state index contributed by atoms with van der Waals surface area (Å²) < 4.78 is 0. The van der Waals surface area contributed by atoms with Gasteiger partial charge in [-0.15, -0.1) is 11.3 Å². The summed E-state index contributed by atoms with van der Waals surface area (Å²) in [4.78, 5) is 33.6. The Bertz CT molecular complexity index is 520. The summed E-state index contributed by atoms with van der Waals surface area (Å²) in [7, 11) is 0. The number of hydrogen-bond acceptors (Lipinski definition) is 4. The van der Waals surface area contributed by atoms with Gasteiger partial charge in [-0.25, -0.2) is 4.79 Å². The first-order chi connectivity index (χ1) is 8.90. The quantitative estimate of drug-likeness (QED) is 0.679. The van der Waals surface area contributed by atoms with Crippen LogP contribution >= 0.6 is 11.3 Å². The summed E-state index contributed by atoms with van der Waals surface area (Å²) in [6, 6.07) is 0.464. The number of carboxylic acids is 2. The van der Waals surface area contributed by atoms with Crippen molar-refractivity contribution in [3.8, 4) is 0 Å². The molecule has 0 aliphatic carbocycles. The molecule has 1 amide bonds. The van der Waals surface area contributed by atoms with E-state index >= 15 is 0 Å². The van der Waals surface area contributed by atoms with E-state index < -0.39 is 30.3 Å². The van der Waals surface area contributed by atoms with Crippen LogP contribution < -0.4 is 5.32 Å². The van der Waals surface area contributed by atoms with Crippen molar-refractivity contribution in [2.45, 2.75) is 19.4 Å². The highest BCUT2D eigenvalue weighted by Crippen LogP contribution is 2.16. The second kappa shape index (κ2) is 6.69. The largest absolute Gasteiger partial charge is 0.481 e. The Hall–Kier alpha value is -2.15. The number of aryl methyl sites for hydroxylation is 1. The van der Waals surface area contributed by atoms with Gasteiger partial charge in [-0.05, 0) is 30.0 Å². The first-order valence-electron chi connectivity index (χ1n) is 5.37. The van der Waals surface area contributed by atoms with Crippen molar-refractivity contribution in [1.82, 2.24) is 5.32 Å². The molecule has 1 aromatic rings. The molecule has 0 radical (unpaired) electrons. The molecule has 0 bridgehead atoms. The van der Waals surface area contributed by atoms with Crippen LogP contribution in [0.5, 0.6) is 0 Å². The predicted molar refractivity (Wildman–Crippen MR) is 69.9 cm³/mol. The van der Waals surface area contributed by atoms with Crippen molar-refractivity contribution in [3.63, 3.8) is 0 Å². The van der Waals surface area contributed by atoms with E-state index in [1.807, 2.05) is 18.4 Å². The molecule has 19 heavy (non-hydrogen) atoms. The third kappa shape index (κ3) is 4.92. The molecule has 0 aromatic carbocycles. The topological polar surface area (TPSA) is 104 Å². The molecular weight excluding hydrogens is 270 g/mol. The molecule has 7 heteroatoms. The fourth-order valence-corrected chi connectivity index (χ4v) is 2.12. The van der Waals surface area contributed by atoms with Crippen LogP contribution in [-0.4, -0.2) is 34.1 Å². The Morgan fingerprint density at radius 1 is 1.42 bits per heavy atom. The maximum Gasteiger partial charge on any atom is 0.326 e. The van der Waals surface area contributed by atoms with E-state index in [0.29, 0.717) is 0 Å². The fourth-order valence-electron chi connectivity index (χ4n) is 1.30. The van der Waals surface area contributed by atoms with Crippen LogP contribution in [-0.2, 0) is 14.4 Å². The zero-order valence-electron chi connectivity index (χ0n) is 10.1. The van der Waals surface area contributed by atoms with Crippen molar-refractivity contribution < 1.29 is 24.6 Å². The average Bonchev–Trinajstić information content (AvgIpc) is 2.70. The van der Waals surface area contributed by atoms with Crippen molar-refractivity contribution in [2.24, 2.45) is 0 Å². The van der Waals surface area contributed by atoms with Crippen molar-refractivity contribution in [1.29, 1.82) is 0 Å². The molecule has 1 aromatic heterocycles. The van der Waals surface area contributed by atoms with Crippen LogP contribution in [0, 0.1) is 6.92 Å². The number of carboxylic acid groups (broad SMARTS) is 2. The van der Waals surface area contributed by atoms with Crippen LogP contribution in [0.1, 0.15) is 16.9 Å². The van der Waals surface area contributed by atoms with Gasteiger partial charge in [0.05, 0.1) is 6.42 Å². The van der Waals surface area contributed by atoms with E-state index in [-0.39, 0.29) is 0 Å². The van der Waals surface area contributed by atoms with E-state index in [1.54, 1.807) is 6.08 Å². The first-order valence-corrected chi connectivity index (χ1v) is 6.25. The maximum absolute atomic E-state index is 11.5. The highest BCUT2D eigenvalue weighted by Gasteiger charge is 2.21. The van der Waals surface area contributed by atoms with Gasteiger partial charge in [-0.1, -0.05) is 0 Å². The van der Waals surface area contributed by atoms with E-state index in [9.17, 15) is 14.4 Å². The van der Waals surface area contributed by atoms with Gasteiger partial charge in [-0.3, -0.25) is 9.59 Å². The summed E-state index contributed by atoms with van der Waals surface area (Å²) in [6.07, 6.45) is 2.10. The van der Waals surface area contributed by atoms with Crippen LogP contribution in [0.3, 0.4) is 0 Å². The lowest BCUT2D eigenvalue weighted by molar-refractivity contribution is -0.146. The van der Waals surface area contributed by atoms with E-state index in [2.05, 4.69) is 5.32 Å². The van der Waals surface area contributed by atoms with E-state index in [0.717, 1.165) is 10.4 Å². The van der Waals surface area contributed by atoms with Gasteiger partial charge in [0, 0.05) is 11.0 Å². The second-order valence-electron chi connectivity index (χ2n) is 3.80. The van der Waals surface area contributed by atoms with Crippen molar-refractivity contribution in [2.75, 3.05) is 0 Å². The number of carbonyl (C=O) groups excluding carboxylic acids is 1. The Morgan fingerprint density at radius 2 is 2.11 bits per heavy atom. The lowest BCUT2D eigenvalue weighted by Gasteiger charge is -2.10. The molecule has 102 valence electrons. The fraction of sp³-hybridized carbons (Fsp3) is 0.250. The normalized spacial score (nSPS) is 12.3. The van der Waals surface area contributed by atoms with Crippen LogP contribution in [0.25, 0.3) is 6.08 Å². The number of hydrogen-bond donors (Lipinski definition) is 3. The first kappa shape index (κ1) is 14.9.